The lowest BCUT2D eigenvalue weighted by molar-refractivity contribution is 0.539. The smallest absolute Gasteiger partial charge is 0.0307 e. The molecule has 0 heterocycles. The summed E-state index contributed by atoms with van der Waals surface area (Å²) in [7, 11) is 0. The molecule has 0 fully saturated rings. The van der Waals surface area contributed by atoms with Gasteiger partial charge < -0.3 is 0 Å². The number of hydrogen-bond acceptors (Lipinski definition) is 3. The van der Waals surface area contributed by atoms with Gasteiger partial charge in [0, 0.05) is 16.7 Å². The Kier molecular flexibility index (Phi) is 5.95. The van der Waals surface area contributed by atoms with E-state index in [1.54, 1.807) is 0 Å². The minimum Gasteiger partial charge on any atom is -0.271 e. The van der Waals surface area contributed by atoms with Crippen LogP contribution in [0.25, 0.3) is 0 Å². The van der Waals surface area contributed by atoms with Gasteiger partial charge in [0.2, 0.25) is 0 Å². The highest BCUT2D eigenvalue weighted by Gasteiger charge is 2.07. The van der Waals surface area contributed by atoms with Crippen molar-refractivity contribution in [3.05, 3.63) is 66.2 Å². The first kappa shape index (κ1) is 14.1. The maximum absolute atomic E-state index is 5.64. The third-order valence-corrected chi connectivity index (χ3v) is 4.23. The van der Waals surface area contributed by atoms with Crippen LogP contribution >= 0.6 is 11.8 Å². The van der Waals surface area contributed by atoms with Crippen molar-refractivity contribution >= 4 is 11.8 Å². The van der Waals surface area contributed by atoms with E-state index in [1.807, 2.05) is 23.9 Å². The lowest BCUT2D eigenvalue weighted by Crippen LogP contribution is -2.37. The van der Waals surface area contributed by atoms with Gasteiger partial charge in [0.15, 0.2) is 0 Å². The monoisotopic (exact) mass is 272 g/mol. The van der Waals surface area contributed by atoms with E-state index in [9.17, 15) is 0 Å². The molecule has 1 unspecified atom stereocenters. The summed E-state index contributed by atoms with van der Waals surface area (Å²) in [6.45, 7) is 0. The first-order valence-electron chi connectivity index (χ1n) is 6.56. The lowest BCUT2D eigenvalue weighted by atomic mass is 10.1. The standard InChI is InChI=1S/C16H20N2S/c17-18-15(12-11-14-7-3-1-4-8-14)13-19-16-9-5-2-6-10-16/h1-10,15,18H,11-13,17H2. The zero-order valence-electron chi connectivity index (χ0n) is 11.0. The fourth-order valence-electron chi connectivity index (χ4n) is 1.91. The van der Waals surface area contributed by atoms with Crippen molar-refractivity contribution in [2.75, 3.05) is 5.75 Å². The average molecular weight is 272 g/mol. The summed E-state index contributed by atoms with van der Waals surface area (Å²) in [5.41, 5.74) is 4.29. The normalized spacial score (nSPS) is 12.3. The third-order valence-electron chi connectivity index (χ3n) is 3.05. The molecule has 0 radical (unpaired) electrons. The van der Waals surface area contributed by atoms with Crippen LogP contribution in [0.2, 0.25) is 0 Å². The zero-order chi connectivity index (χ0) is 13.3. The third kappa shape index (κ3) is 5.07. The van der Waals surface area contributed by atoms with Gasteiger partial charge in [-0.2, -0.15) is 0 Å². The number of benzene rings is 2. The van der Waals surface area contributed by atoms with Gasteiger partial charge in [0.05, 0.1) is 0 Å². The average Bonchev–Trinajstić information content (AvgIpc) is 2.49. The van der Waals surface area contributed by atoms with Crippen molar-refractivity contribution in [2.45, 2.75) is 23.8 Å². The van der Waals surface area contributed by atoms with E-state index in [0.29, 0.717) is 6.04 Å². The van der Waals surface area contributed by atoms with Gasteiger partial charge in [-0.15, -0.1) is 11.8 Å². The molecular weight excluding hydrogens is 252 g/mol. The summed E-state index contributed by atoms with van der Waals surface area (Å²) in [6.07, 6.45) is 2.12. The van der Waals surface area contributed by atoms with Crippen LogP contribution in [0.3, 0.4) is 0 Å². The molecule has 3 heteroatoms. The first-order valence-corrected chi connectivity index (χ1v) is 7.55. The Morgan fingerprint density at radius 3 is 2.21 bits per heavy atom. The SMILES string of the molecule is NNC(CCc1ccccc1)CSc1ccccc1. The molecule has 0 amide bonds. The molecule has 0 aliphatic carbocycles. The van der Waals surface area contributed by atoms with Gasteiger partial charge in [0.1, 0.15) is 0 Å². The number of nitrogens with two attached hydrogens (primary N) is 1. The van der Waals surface area contributed by atoms with Gasteiger partial charge in [0.25, 0.3) is 0 Å². The minimum absolute atomic E-state index is 0.338. The summed E-state index contributed by atoms with van der Waals surface area (Å²) in [5.74, 6) is 6.63. The summed E-state index contributed by atoms with van der Waals surface area (Å²) in [4.78, 5) is 1.29. The second-order valence-corrected chi connectivity index (χ2v) is 5.61. The van der Waals surface area contributed by atoms with Crippen LogP contribution < -0.4 is 11.3 Å². The van der Waals surface area contributed by atoms with E-state index < -0.39 is 0 Å². The van der Waals surface area contributed by atoms with Crippen LogP contribution in [-0.4, -0.2) is 11.8 Å². The van der Waals surface area contributed by atoms with Crippen molar-refractivity contribution in [3.63, 3.8) is 0 Å². The van der Waals surface area contributed by atoms with Gasteiger partial charge in [-0.05, 0) is 30.5 Å². The molecule has 0 aromatic heterocycles. The maximum Gasteiger partial charge on any atom is 0.0307 e. The summed E-state index contributed by atoms with van der Waals surface area (Å²) in [6, 6.07) is 21.3. The number of aryl methyl sites for hydroxylation is 1. The second kappa shape index (κ2) is 8.00. The molecule has 0 aliphatic heterocycles. The van der Waals surface area contributed by atoms with Crippen LogP contribution in [-0.2, 0) is 6.42 Å². The van der Waals surface area contributed by atoms with Crippen molar-refractivity contribution in [1.29, 1.82) is 0 Å². The fourth-order valence-corrected chi connectivity index (χ4v) is 2.92. The topological polar surface area (TPSA) is 38.0 Å². The molecular formula is C16H20N2S. The number of hydrogen-bond donors (Lipinski definition) is 2. The Bertz CT molecular complexity index is 415. The van der Waals surface area contributed by atoms with Gasteiger partial charge in [-0.25, -0.2) is 0 Å². The Balaban J connectivity index is 1.77. The minimum atomic E-state index is 0.338. The summed E-state index contributed by atoms with van der Waals surface area (Å²) < 4.78 is 0. The van der Waals surface area contributed by atoms with Crippen LogP contribution in [0.15, 0.2) is 65.6 Å². The molecule has 100 valence electrons. The van der Waals surface area contributed by atoms with E-state index in [4.69, 9.17) is 5.84 Å². The summed E-state index contributed by atoms with van der Waals surface area (Å²) >= 11 is 1.85. The lowest BCUT2D eigenvalue weighted by Gasteiger charge is -2.15. The molecule has 0 aliphatic rings. The predicted molar refractivity (Wildman–Crippen MR) is 83.0 cm³/mol. The number of hydrazine groups is 1. The molecule has 0 bridgehead atoms. The zero-order valence-corrected chi connectivity index (χ0v) is 11.8. The molecule has 0 saturated heterocycles. The number of rotatable bonds is 7. The molecule has 3 N–H and O–H groups in total. The predicted octanol–water partition coefficient (Wildman–Crippen LogP) is 3.24. The Morgan fingerprint density at radius 1 is 0.947 bits per heavy atom. The molecule has 0 saturated carbocycles. The Labute approximate surface area is 119 Å². The molecule has 2 aromatic carbocycles. The van der Waals surface area contributed by atoms with Crippen molar-refractivity contribution in [1.82, 2.24) is 5.43 Å². The van der Waals surface area contributed by atoms with Crippen molar-refractivity contribution in [3.8, 4) is 0 Å². The van der Waals surface area contributed by atoms with Crippen molar-refractivity contribution in [2.24, 2.45) is 5.84 Å². The van der Waals surface area contributed by atoms with Crippen LogP contribution in [0.4, 0.5) is 0 Å². The van der Waals surface area contributed by atoms with Crippen LogP contribution in [0.1, 0.15) is 12.0 Å². The fraction of sp³-hybridized carbons (Fsp3) is 0.250. The summed E-state index contributed by atoms with van der Waals surface area (Å²) in [5, 5.41) is 0. The molecule has 0 spiro atoms. The largest absolute Gasteiger partial charge is 0.271 e. The Morgan fingerprint density at radius 2 is 1.58 bits per heavy atom. The van der Waals surface area contributed by atoms with Crippen LogP contribution in [0.5, 0.6) is 0 Å². The number of nitrogens with one attached hydrogen (secondary N) is 1. The molecule has 19 heavy (non-hydrogen) atoms. The molecule has 2 nitrogen and oxygen atoms in total. The second-order valence-electron chi connectivity index (χ2n) is 4.51. The van der Waals surface area contributed by atoms with E-state index in [2.05, 4.69) is 54.0 Å². The van der Waals surface area contributed by atoms with Gasteiger partial charge in [-0.1, -0.05) is 48.5 Å². The highest BCUT2D eigenvalue weighted by Crippen LogP contribution is 2.19. The van der Waals surface area contributed by atoms with Crippen molar-refractivity contribution < 1.29 is 0 Å². The van der Waals surface area contributed by atoms with Gasteiger partial charge in [-0.3, -0.25) is 11.3 Å². The number of thioether (sulfide) groups is 1. The van der Waals surface area contributed by atoms with E-state index >= 15 is 0 Å². The molecule has 2 aromatic rings. The highest BCUT2D eigenvalue weighted by molar-refractivity contribution is 7.99. The molecule has 1 atom stereocenters. The van der Waals surface area contributed by atoms with E-state index in [1.165, 1.54) is 10.5 Å². The quantitative estimate of drug-likeness (QED) is 0.461. The maximum atomic E-state index is 5.64. The Hall–Kier alpha value is -1.29. The first-order chi connectivity index (χ1) is 9.38. The van der Waals surface area contributed by atoms with Crippen LogP contribution in [0, 0.1) is 0 Å². The van der Waals surface area contributed by atoms with E-state index in [0.717, 1.165) is 18.6 Å². The van der Waals surface area contributed by atoms with E-state index in [-0.39, 0.29) is 0 Å². The molecule has 2 rings (SSSR count). The highest BCUT2D eigenvalue weighted by atomic mass is 32.2. The van der Waals surface area contributed by atoms with Gasteiger partial charge >= 0.3 is 0 Å².